The fourth-order valence-corrected chi connectivity index (χ4v) is 2.81. The van der Waals surface area contributed by atoms with Crippen molar-refractivity contribution in [3.05, 3.63) is 12.2 Å². The Morgan fingerprint density at radius 2 is 1.65 bits per heavy atom. The van der Waals surface area contributed by atoms with Gasteiger partial charge >= 0.3 is 0 Å². The zero-order chi connectivity index (χ0) is 16.9. The van der Waals surface area contributed by atoms with Gasteiger partial charge in [0.15, 0.2) is 0 Å². The van der Waals surface area contributed by atoms with Gasteiger partial charge in [0.05, 0.1) is 13.2 Å². The summed E-state index contributed by atoms with van der Waals surface area (Å²) in [7, 11) is 0. The predicted molar refractivity (Wildman–Crippen MR) is 90.3 cm³/mol. The summed E-state index contributed by atoms with van der Waals surface area (Å²) in [5.74, 6) is 0. The third kappa shape index (κ3) is 8.27. The Morgan fingerprint density at radius 3 is 2.30 bits per heavy atom. The number of unbranched alkanes of at least 4 members (excludes halogenated alkanes) is 7. The molecule has 0 spiro atoms. The summed E-state index contributed by atoms with van der Waals surface area (Å²) in [4.78, 5) is 0. The number of aliphatic hydroxyl groups excluding tert-OH is 3. The van der Waals surface area contributed by atoms with Gasteiger partial charge in [-0.15, -0.1) is 0 Å². The van der Waals surface area contributed by atoms with Crippen LogP contribution in [0, 0.1) is 0 Å². The molecule has 1 heterocycles. The van der Waals surface area contributed by atoms with Crippen LogP contribution in [0.5, 0.6) is 0 Å². The maximum atomic E-state index is 9.93. The minimum atomic E-state index is -1.08. The number of hydrogen-bond donors (Lipinski definition) is 3. The number of ether oxygens (including phenoxy) is 2. The second-order valence-corrected chi connectivity index (χ2v) is 6.28. The Bertz CT molecular complexity index is 308. The Balaban J connectivity index is 1.95. The normalized spacial score (nSPS) is 28.5. The molecule has 1 saturated heterocycles. The standard InChI is InChI=1S/C18H34O5/c1-2-3-4-5-6-7-8-9-10-11-12-22-16-14-23-15(13-19)17(20)18(16)21/h2-3,15-21H,4-14H2,1H3/b3-2+/t15-,16+,17-,18-/m0/s1. The maximum absolute atomic E-state index is 9.93. The minimum absolute atomic E-state index is 0.218. The van der Waals surface area contributed by atoms with Gasteiger partial charge in [0, 0.05) is 6.61 Å². The summed E-state index contributed by atoms with van der Waals surface area (Å²) in [6, 6.07) is 0. The van der Waals surface area contributed by atoms with E-state index in [2.05, 4.69) is 19.1 Å². The Kier molecular flexibility index (Phi) is 11.5. The van der Waals surface area contributed by atoms with Gasteiger partial charge in [-0.1, -0.05) is 44.3 Å². The van der Waals surface area contributed by atoms with E-state index in [4.69, 9.17) is 14.6 Å². The fourth-order valence-electron chi connectivity index (χ4n) is 2.81. The van der Waals surface area contributed by atoms with Crippen LogP contribution in [0.3, 0.4) is 0 Å². The van der Waals surface area contributed by atoms with Crippen LogP contribution in [0.4, 0.5) is 0 Å². The molecule has 0 radical (unpaired) electrons. The highest BCUT2D eigenvalue weighted by atomic mass is 16.6. The first kappa shape index (κ1) is 20.6. The lowest BCUT2D eigenvalue weighted by Crippen LogP contribution is -2.55. The van der Waals surface area contributed by atoms with E-state index in [1.807, 2.05) is 0 Å². The topological polar surface area (TPSA) is 79.2 Å². The molecular weight excluding hydrogens is 296 g/mol. The van der Waals surface area contributed by atoms with Gasteiger partial charge in [-0.05, 0) is 26.2 Å². The van der Waals surface area contributed by atoms with Gasteiger partial charge in [0.2, 0.25) is 0 Å². The molecule has 5 heteroatoms. The summed E-state index contributed by atoms with van der Waals surface area (Å²) >= 11 is 0. The van der Waals surface area contributed by atoms with Crippen LogP contribution in [-0.2, 0) is 9.47 Å². The highest BCUT2D eigenvalue weighted by Crippen LogP contribution is 2.18. The molecule has 0 aliphatic carbocycles. The van der Waals surface area contributed by atoms with Crippen molar-refractivity contribution in [2.45, 2.75) is 82.7 Å². The smallest absolute Gasteiger partial charge is 0.111 e. The van der Waals surface area contributed by atoms with Crippen LogP contribution in [0.1, 0.15) is 58.3 Å². The SMILES string of the molecule is C/C=C/CCCCCCCCCO[C@@H]1CO[C@@H](CO)[C@H](O)[C@H]1O. The lowest BCUT2D eigenvalue weighted by Gasteiger charge is -2.36. The molecule has 1 aliphatic heterocycles. The second kappa shape index (κ2) is 12.9. The molecular formula is C18H34O5. The van der Waals surface area contributed by atoms with Crippen LogP contribution in [0.25, 0.3) is 0 Å². The minimum Gasteiger partial charge on any atom is -0.394 e. The van der Waals surface area contributed by atoms with E-state index in [1.165, 1.54) is 38.5 Å². The molecule has 4 atom stereocenters. The quantitative estimate of drug-likeness (QED) is 0.377. The molecule has 0 bridgehead atoms. The maximum Gasteiger partial charge on any atom is 0.111 e. The molecule has 1 aliphatic rings. The van der Waals surface area contributed by atoms with Crippen molar-refractivity contribution in [2.24, 2.45) is 0 Å². The first-order valence-corrected chi connectivity index (χ1v) is 9.02. The summed E-state index contributed by atoms with van der Waals surface area (Å²) in [6.07, 6.45) is 10.7. The highest BCUT2D eigenvalue weighted by molar-refractivity contribution is 4.87. The molecule has 0 unspecified atom stereocenters. The van der Waals surface area contributed by atoms with E-state index < -0.39 is 24.4 Å². The number of aliphatic hydroxyl groups is 3. The molecule has 23 heavy (non-hydrogen) atoms. The highest BCUT2D eigenvalue weighted by Gasteiger charge is 2.38. The molecule has 0 amide bonds. The van der Waals surface area contributed by atoms with Crippen molar-refractivity contribution >= 4 is 0 Å². The van der Waals surface area contributed by atoms with E-state index in [-0.39, 0.29) is 13.2 Å². The van der Waals surface area contributed by atoms with Crippen molar-refractivity contribution in [3.8, 4) is 0 Å². The molecule has 1 fully saturated rings. The van der Waals surface area contributed by atoms with Crippen LogP contribution < -0.4 is 0 Å². The van der Waals surface area contributed by atoms with Gasteiger partial charge < -0.3 is 24.8 Å². The fraction of sp³-hybridized carbons (Fsp3) is 0.889. The molecule has 0 aromatic rings. The van der Waals surface area contributed by atoms with Crippen molar-refractivity contribution < 1.29 is 24.8 Å². The Labute approximate surface area is 140 Å². The Morgan fingerprint density at radius 1 is 1.00 bits per heavy atom. The van der Waals surface area contributed by atoms with Crippen LogP contribution >= 0.6 is 0 Å². The van der Waals surface area contributed by atoms with E-state index in [0.717, 1.165) is 12.8 Å². The van der Waals surface area contributed by atoms with E-state index >= 15 is 0 Å². The zero-order valence-corrected chi connectivity index (χ0v) is 14.4. The Hall–Kier alpha value is -0.460. The van der Waals surface area contributed by atoms with Gasteiger partial charge in [-0.2, -0.15) is 0 Å². The number of hydrogen-bond acceptors (Lipinski definition) is 5. The van der Waals surface area contributed by atoms with Crippen molar-refractivity contribution in [3.63, 3.8) is 0 Å². The lowest BCUT2D eigenvalue weighted by atomic mass is 10.0. The van der Waals surface area contributed by atoms with E-state index in [1.54, 1.807) is 0 Å². The first-order chi connectivity index (χ1) is 11.2. The average Bonchev–Trinajstić information content (AvgIpc) is 2.56. The monoisotopic (exact) mass is 330 g/mol. The molecule has 0 saturated carbocycles. The molecule has 0 aromatic carbocycles. The lowest BCUT2D eigenvalue weighted by molar-refractivity contribution is -0.208. The summed E-state index contributed by atoms with van der Waals surface area (Å²) in [5.41, 5.74) is 0. The molecule has 136 valence electrons. The molecule has 3 N–H and O–H groups in total. The summed E-state index contributed by atoms with van der Waals surface area (Å²) < 4.78 is 10.9. The van der Waals surface area contributed by atoms with Gasteiger partial charge in [0.25, 0.3) is 0 Å². The van der Waals surface area contributed by atoms with Crippen LogP contribution in [0.2, 0.25) is 0 Å². The predicted octanol–water partition coefficient (Wildman–Crippen LogP) is 2.18. The van der Waals surface area contributed by atoms with Gasteiger partial charge in [0.1, 0.15) is 24.4 Å². The molecule has 5 nitrogen and oxygen atoms in total. The second-order valence-electron chi connectivity index (χ2n) is 6.28. The van der Waals surface area contributed by atoms with Crippen LogP contribution in [0.15, 0.2) is 12.2 Å². The third-order valence-corrected chi connectivity index (χ3v) is 4.35. The van der Waals surface area contributed by atoms with Crippen LogP contribution in [-0.4, -0.2) is 59.6 Å². The van der Waals surface area contributed by atoms with Crippen molar-refractivity contribution in [1.29, 1.82) is 0 Å². The van der Waals surface area contributed by atoms with Gasteiger partial charge in [-0.3, -0.25) is 0 Å². The first-order valence-electron chi connectivity index (χ1n) is 9.02. The number of rotatable bonds is 12. The van der Waals surface area contributed by atoms with Gasteiger partial charge in [-0.25, -0.2) is 0 Å². The molecule has 1 rings (SSSR count). The van der Waals surface area contributed by atoms with E-state index in [9.17, 15) is 10.2 Å². The third-order valence-electron chi connectivity index (χ3n) is 4.35. The van der Waals surface area contributed by atoms with Crippen molar-refractivity contribution in [2.75, 3.05) is 19.8 Å². The summed E-state index contributed by atoms with van der Waals surface area (Å²) in [5, 5.41) is 28.7. The zero-order valence-electron chi connectivity index (χ0n) is 14.4. The van der Waals surface area contributed by atoms with E-state index in [0.29, 0.717) is 6.61 Å². The number of allylic oxidation sites excluding steroid dienone is 2. The summed E-state index contributed by atoms with van der Waals surface area (Å²) in [6.45, 7) is 2.56. The average molecular weight is 330 g/mol. The van der Waals surface area contributed by atoms with Crippen molar-refractivity contribution in [1.82, 2.24) is 0 Å². The largest absolute Gasteiger partial charge is 0.394 e. The molecule has 0 aromatic heterocycles.